The number of ether oxygens (including phenoxy) is 1. The molecule has 1 rings (SSSR count). The lowest BCUT2D eigenvalue weighted by Crippen LogP contribution is -2.05. The van der Waals surface area contributed by atoms with E-state index in [9.17, 15) is 8.42 Å². The lowest BCUT2D eigenvalue weighted by molar-refractivity contribution is 0.343. The second kappa shape index (κ2) is 7.09. The van der Waals surface area contributed by atoms with E-state index in [1.54, 1.807) is 20.1 Å². The Kier molecular flexibility index (Phi) is 5.76. The average molecular weight is 297 g/mol. The topological polar surface area (TPSA) is 65.0 Å². The number of hydrogen-bond donors (Lipinski definition) is 0. The minimum absolute atomic E-state index is 0.498. The fraction of sp³-hybridized carbons (Fsp3) is 0.357. The number of hydrogen-bond acceptors (Lipinski definition) is 5. The highest BCUT2D eigenvalue weighted by Crippen LogP contribution is 2.20. The molecule has 0 saturated heterocycles. The van der Waals surface area contributed by atoms with E-state index < -0.39 is 10.1 Å². The van der Waals surface area contributed by atoms with Gasteiger partial charge in [-0.1, -0.05) is 17.3 Å². The van der Waals surface area contributed by atoms with Crippen LogP contribution in [0.2, 0.25) is 0 Å². The van der Waals surface area contributed by atoms with Gasteiger partial charge >= 0.3 is 10.1 Å². The van der Waals surface area contributed by atoms with Crippen LogP contribution in [0.4, 0.5) is 0 Å². The first-order chi connectivity index (χ1) is 9.37. The van der Waals surface area contributed by atoms with Crippen molar-refractivity contribution in [3.8, 4) is 5.75 Å². The van der Waals surface area contributed by atoms with Gasteiger partial charge in [0, 0.05) is 5.56 Å². The summed E-state index contributed by atoms with van der Waals surface area (Å²) in [7, 11) is -2.00. The van der Waals surface area contributed by atoms with Crippen LogP contribution in [0.25, 0.3) is 0 Å². The van der Waals surface area contributed by atoms with Crippen LogP contribution in [-0.2, 0) is 20.8 Å². The van der Waals surface area contributed by atoms with Crippen molar-refractivity contribution in [1.82, 2.24) is 0 Å². The van der Waals surface area contributed by atoms with Crippen LogP contribution < -0.4 is 4.74 Å². The number of nitrogens with zero attached hydrogens (tertiary/aromatic N) is 1. The van der Waals surface area contributed by atoms with Gasteiger partial charge in [0.25, 0.3) is 0 Å². The second-order valence-electron chi connectivity index (χ2n) is 4.25. The number of allylic oxidation sites excluding steroid dienone is 2. The van der Waals surface area contributed by atoms with Crippen LogP contribution in [0.5, 0.6) is 5.75 Å². The van der Waals surface area contributed by atoms with E-state index in [1.807, 2.05) is 31.2 Å². The summed E-state index contributed by atoms with van der Waals surface area (Å²) in [5.41, 5.74) is 2.31. The van der Waals surface area contributed by atoms with Crippen molar-refractivity contribution in [2.24, 2.45) is 5.16 Å². The smallest absolute Gasteiger partial charge is 0.325 e. The molecule has 0 aromatic heterocycles. The molecule has 5 nitrogen and oxygen atoms in total. The van der Waals surface area contributed by atoms with Crippen molar-refractivity contribution in [2.75, 3.05) is 13.4 Å². The van der Waals surface area contributed by atoms with Crippen LogP contribution in [0.15, 0.2) is 35.5 Å². The van der Waals surface area contributed by atoms with Crippen molar-refractivity contribution >= 4 is 15.8 Å². The average Bonchev–Trinajstić information content (AvgIpc) is 2.41. The second-order valence-corrected chi connectivity index (χ2v) is 5.81. The summed E-state index contributed by atoms with van der Waals surface area (Å²) in [5, 5.41) is 3.65. The van der Waals surface area contributed by atoms with E-state index in [1.165, 1.54) is 0 Å². The standard InChI is InChI=1S/C14H19NO4S/c1-5-6-7-12-10-13(18-3)8-9-14(12)11(2)15-19-20(4,16)17/h5-6,8-10H,7H2,1-4H3. The van der Waals surface area contributed by atoms with Crippen LogP contribution in [0, 0.1) is 0 Å². The number of benzene rings is 1. The Morgan fingerprint density at radius 2 is 2.10 bits per heavy atom. The summed E-state index contributed by atoms with van der Waals surface area (Å²) in [4.78, 5) is 0. The third kappa shape index (κ3) is 5.05. The Bertz CT molecular complexity index is 618. The molecule has 0 aliphatic rings. The van der Waals surface area contributed by atoms with Crippen molar-refractivity contribution < 1.29 is 17.4 Å². The molecule has 0 spiro atoms. The molecule has 0 aliphatic carbocycles. The lowest BCUT2D eigenvalue weighted by atomic mass is 10.0. The quantitative estimate of drug-likeness (QED) is 0.460. The molecule has 0 N–H and O–H groups in total. The predicted octanol–water partition coefficient (Wildman–Crippen LogP) is 2.51. The predicted molar refractivity (Wildman–Crippen MR) is 79.7 cm³/mol. The summed E-state index contributed by atoms with van der Waals surface area (Å²) in [6.45, 7) is 3.64. The summed E-state index contributed by atoms with van der Waals surface area (Å²) in [6, 6.07) is 5.53. The van der Waals surface area contributed by atoms with E-state index in [0.29, 0.717) is 12.1 Å². The molecule has 0 radical (unpaired) electrons. The minimum atomic E-state index is -3.60. The molecule has 0 saturated carbocycles. The Labute approximate surface area is 120 Å². The maximum Gasteiger partial charge on any atom is 0.325 e. The van der Waals surface area contributed by atoms with Gasteiger partial charge < -0.3 is 4.74 Å². The van der Waals surface area contributed by atoms with Gasteiger partial charge in [0.05, 0.1) is 19.1 Å². The van der Waals surface area contributed by atoms with Gasteiger partial charge in [-0.25, -0.2) is 0 Å². The van der Waals surface area contributed by atoms with Crippen LogP contribution in [0.1, 0.15) is 25.0 Å². The summed E-state index contributed by atoms with van der Waals surface area (Å²) in [5.74, 6) is 0.741. The Morgan fingerprint density at radius 3 is 2.65 bits per heavy atom. The molecule has 1 aromatic rings. The third-order valence-electron chi connectivity index (χ3n) is 2.59. The fourth-order valence-corrected chi connectivity index (χ4v) is 1.88. The molecule has 0 aliphatic heterocycles. The normalized spacial score (nSPS) is 12.7. The van der Waals surface area contributed by atoms with Crippen molar-refractivity contribution in [2.45, 2.75) is 20.3 Å². The van der Waals surface area contributed by atoms with Gasteiger partial charge in [-0.05, 0) is 44.0 Å². The number of oxime groups is 1. The van der Waals surface area contributed by atoms with Gasteiger partial charge in [0.15, 0.2) is 0 Å². The maximum absolute atomic E-state index is 11.0. The lowest BCUT2D eigenvalue weighted by Gasteiger charge is -2.09. The minimum Gasteiger partial charge on any atom is -0.497 e. The SMILES string of the molecule is CC=CCc1cc(OC)ccc1C(C)=NOS(C)(=O)=O. The highest BCUT2D eigenvalue weighted by atomic mass is 32.2. The van der Waals surface area contributed by atoms with E-state index in [2.05, 4.69) is 9.44 Å². The molecule has 6 heteroatoms. The Hall–Kier alpha value is -1.82. The zero-order valence-corrected chi connectivity index (χ0v) is 12.9. The van der Waals surface area contributed by atoms with Gasteiger partial charge in [-0.2, -0.15) is 8.42 Å². The van der Waals surface area contributed by atoms with E-state index in [-0.39, 0.29) is 0 Å². The molecule has 0 fully saturated rings. The molecule has 0 heterocycles. The first-order valence-electron chi connectivity index (χ1n) is 6.09. The third-order valence-corrected chi connectivity index (χ3v) is 2.93. The largest absolute Gasteiger partial charge is 0.497 e. The van der Waals surface area contributed by atoms with Crippen LogP contribution >= 0.6 is 0 Å². The van der Waals surface area contributed by atoms with Gasteiger partial charge in [-0.3, -0.25) is 4.28 Å². The zero-order chi connectivity index (χ0) is 15.2. The van der Waals surface area contributed by atoms with Crippen molar-refractivity contribution in [3.05, 3.63) is 41.5 Å². The molecular formula is C14H19NO4S. The molecule has 0 bridgehead atoms. The molecule has 0 atom stereocenters. The van der Waals surface area contributed by atoms with E-state index in [0.717, 1.165) is 23.1 Å². The summed E-state index contributed by atoms with van der Waals surface area (Å²) < 4.78 is 31.6. The molecular weight excluding hydrogens is 278 g/mol. The summed E-state index contributed by atoms with van der Waals surface area (Å²) >= 11 is 0. The number of methoxy groups -OCH3 is 1. The number of rotatable bonds is 6. The van der Waals surface area contributed by atoms with Gasteiger partial charge in [-0.15, -0.1) is 0 Å². The Balaban J connectivity index is 3.15. The van der Waals surface area contributed by atoms with E-state index >= 15 is 0 Å². The van der Waals surface area contributed by atoms with Crippen molar-refractivity contribution in [1.29, 1.82) is 0 Å². The molecule has 0 unspecified atom stereocenters. The molecule has 0 amide bonds. The highest BCUT2D eigenvalue weighted by Gasteiger charge is 2.08. The monoisotopic (exact) mass is 297 g/mol. The van der Waals surface area contributed by atoms with Crippen LogP contribution in [0.3, 0.4) is 0 Å². The van der Waals surface area contributed by atoms with Gasteiger partial charge in [0.2, 0.25) is 0 Å². The van der Waals surface area contributed by atoms with Gasteiger partial charge in [0.1, 0.15) is 5.75 Å². The fourth-order valence-electron chi connectivity index (χ4n) is 1.64. The molecule has 110 valence electrons. The summed E-state index contributed by atoms with van der Waals surface area (Å²) in [6.07, 6.45) is 5.61. The molecule has 1 aromatic carbocycles. The molecule has 20 heavy (non-hydrogen) atoms. The Morgan fingerprint density at radius 1 is 1.40 bits per heavy atom. The van der Waals surface area contributed by atoms with Crippen LogP contribution in [-0.4, -0.2) is 27.5 Å². The van der Waals surface area contributed by atoms with Crippen molar-refractivity contribution in [3.63, 3.8) is 0 Å². The first-order valence-corrected chi connectivity index (χ1v) is 7.90. The maximum atomic E-state index is 11.0. The van der Waals surface area contributed by atoms with E-state index in [4.69, 9.17) is 4.74 Å². The highest BCUT2D eigenvalue weighted by molar-refractivity contribution is 7.85. The first kappa shape index (κ1) is 16.2. The zero-order valence-electron chi connectivity index (χ0n) is 12.1.